The van der Waals surface area contributed by atoms with Crippen molar-refractivity contribution in [2.45, 2.75) is 0 Å². The summed E-state index contributed by atoms with van der Waals surface area (Å²) in [5.74, 6) is -0.162. The lowest BCUT2D eigenvalue weighted by atomic mass is 10.1. The predicted octanol–water partition coefficient (Wildman–Crippen LogP) is 1.83. The number of rotatable bonds is 2. The smallest absolute Gasteiger partial charge is 0.255 e. The molecular formula is C13H11N3O. The van der Waals surface area contributed by atoms with Gasteiger partial charge in [0.2, 0.25) is 0 Å². The molecule has 0 aliphatic heterocycles. The maximum absolute atomic E-state index is 12.1. The van der Waals surface area contributed by atoms with Gasteiger partial charge in [0.05, 0.1) is 11.6 Å². The number of pyridine rings is 1. The second kappa shape index (κ2) is 4.62. The van der Waals surface area contributed by atoms with Gasteiger partial charge in [-0.15, -0.1) is 0 Å². The minimum Gasteiger partial charge on any atom is -0.328 e. The highest BCUT2D eigenvalue weighted by Gasteiger charge is 2.14. The van der Waals surface area contributed by atoms with Crippen molar-refractivity contribution in [3.05, 3.63) is 42.1 Å². The van der Waals surface area contributed by atoms with Crippen LogP contribution in [0.1, 0.15) is 10.4 Å². The van der Waals surface area contributed by atoms with Crippen molar-refractivity contribution in [2.75, 3.05) is 13.6 Å². The molecule has 1 aromatic carbocycles. The lowest BCUT2D eigenvalue weighted by molar-refractivity contribution is 0.0814. The van der Waals surface area contributed by atoms with E-state index in [9.17, 15) is 4.79 Å². The maximum atomic E-state index is 12.1. The average molecular weight is 225 g/mol. The zero-order chi connectivity index (χ0) is 12.3. The quantitative estimate of drug-likeness (QED) is 0.732. The second-order valence-corrected chi connectivity index (χ2v) is 3.69. The third-order valence-electron chi connectivity index (χ3n) is 2.53. The van der Waals surface area contributed by atoms with Crippen LogP contribution in [-0.4, -0.2) is 29.4 Å². The summed E-state index contributed by atoms with van der Waals surface area (Å²) >= 11 is 0. The molecule has 0 atom stereocenters. The minimum absolute atomic E-state index is 0.0789. The van der Waals surface area contributed by atoms with Crippen LogP contribution in [0.25, 0.3) is 10.9 Å². The van der Waals surface area contributed by atoms with Crippen LogP contribution >= 0.6 is 0 Å². The minimum atomic E-state index is -0.162. The first kappa shape index (κ1) is 11.1. The zero-order valence-electron chi connectivity index (χ0n) is 9.42. The van der Waals surface area contributed by atoms with Gasteiger partial charge in [0.15, 0.2) is 0 Å². The van der Waals surface area contributed by atoms with Crippen molar-refractivity contribution in [1.82, 2.24) is 9.88 Å². The van der Waals surface area contributed by atoms with Crippen LogP contribution in [0.5, 0.6) is 0 Å². The molecule has 0 saturated carbocycles. The first-order chi connectivity index (χ1) is 8.24. The van der Waals surface area contributed by atoms with Crippen molar-refractivity contribution in [3.8, 4) is 6.07 Å². The average Bonchev–Trinajstić information content (AvgIpc) is 2.37. The van der Waals surface area contributed by atoms with Gasteiger partial charge >= 0.3 is 0 Å². The number of amides is 1. The number of hydrogen-bond donors (Lipinski definition) is 0. The van der Waals surface area contributed by atoms with E-state index in [4.69, 9.17) is 5.26 Å². The van der Waals surface area contributed by atoms with Crippen molar-refractivity contribution < 1.29 is 4.79 Å². The molecule has 1 aromatic heterocycles. The molecule has 0 radical (unpaired) electrons. The van der Waals surface area contributed by atoms with E-state index in [-0.39, 0.29) is 12.5 Å². The van der Waals surface area contributed by atoms with Gasteiger partial charge < -0.3 is 4.90 Å². The molecular weight excluding hydrogens is 214 g/mol. The highest BCUT2D eigenvalue weighted by molar-refractivity contribution is 6.06. The largest absolute Gasteiger partial charge is 0.328 e. The fourth-order valence-corrected chi connectivity index (χ4v) is 1.67. The molecule has 2 rings (SSSR count). The summed E-state index contributed by atoms with van der Waals surface area (Å²) in [6, 6.07) is 11.0. The van der Waals surface area contributed by atoms with Crippen molar-refractivity contribution in [2.24, 2.45) is 0 Å². The predicted molar refractivity (Wildman–Crippen MR) is 64.3 cm³/mol. The fourth-order valence-electron chi connectivity index (χ4n) is 1.67. The van der Waals surface area contributed by atoms with E-state index in [2.05, 4.69) is 4.98 Å². The van der Waals surface area contributed by atoms with E-state index >= 15 is 0 Å². The highest BCUT2D eigenvalue weighted by Crippen LogP contribution is 2.17. The number of nitriles is 1. The van der Waals surface area contributed by atoms with E-state index in [1.807, 2.05) is 18.2 Å². The molecule has 1 amide bonds. The Morgan fingerprint density at radius 2 is 2.24 bits per heavy atom. The Kier molecular flexibility index (Phi) is 3.01. The van der Waals surface area contributed by atoms with Gasteiger partial charge in [-0.05, 0) is 18.2 Å². The fraction of sp³-hybridized carbons (Fsp3) is 0.154. The molecule has 4 heteroatoms. The SMILES string of the molecule is CN(CC#N)C(=O)c1cccc2ncccc12. The Balaban J connectivity index is 2.49. The molecule has 0 bridgehead atoms. The number of hydrogen-bond acceptors (Lipinski definition) is 3. The summed E-state index contributed by atoms with van der Waals surface area (Å²) < 4.78 is 0. The third kappa shape index (κ3) is 2.08. The van der Waals surface area contributed by atoms with Crippen molar-refractivity contribution in [1.29, 1.82) is 5.26 Å². The summed E-state index contributed by atoms with van der Waals surface area (Å²) in [5.41, 5.74) is 1.36. The number of carbonyl (C=O) groups excluding carboxylic acids is 1. The number of benzene rings is 1. The number of nitrogens with zero attached hydrogens (tertiary/aromatic N) is 3. The Morgan fingerprint density at radius 3 is 3.00 bits per heavy atom. The van der Waals surface area contributed by atoms with Crippen LogP contribution in [0, 0.1) is 11.3 Å². The topological polar surface area (TPSA) is 57.0 Å². The summed E-state index contributed by atoms with van der Waals surface area (Å²) in [4.78, 5) is 17.7. The lowest BCUT2D eigenvalue weighted by Gasteiger charge is -2.14. The van der Waals surface area contributed by atoms with E-state index in [0.29, 0.717) is 5.56 Å². The van der Waals surface area contributed by atoms with Crippen LogP contribution in [0.15, 0.2) is 36.5 Å². The summed E-state index contributed by atoms with van der Waals surface area (Å²) in [6.07, 6.45) is 1.69. The Labute approximate surface area is 99.1 Å². The molecule has 17 heavy (non-hydrogen) atoms. The number of fused-ring (bicyclic) bond motifs is 1. The molecule has 1 heterocycles. The molecule has 4 nitrogen and oxygen atoms in total. The molecule has 0 unspecified atom stereocenters. The van der Waals surface area contributed by atoms with Gasteiger partial charge in [0.1, 0.15) is 6.54 Å². The lowest BCUT2D eigenvalue weighted by Crippen LogP contribution is -2.27. The van der Waals surface area contributed by atoms with Gasteiger partial charge in [-0.25, -0.2) is 0 Å². The van der Waals surface area contributed by atoms with Gasteiger partial charge in [-0.2, -0.15) is 5.26 Å². The van der Waals surface area contributed by atoms with Gasteiger partial charge in [-0.3, -0.25) is 9.78 Å². The molecule has 0 saturated heterocycles. The van der Waals surface area contributed by atoms with Gasteiger partial charge in [0, 0.05) is 24.2 Å². The molecule has 2 aromatic rings. The van der Waals surface area contributed by atoms with Gasteiger partial charge in [0.25, 0.3) is 5.91 Å². The molecule has 0 aliphatic carbocycles. The Bertz CT molecular complexity index is 596. The standard InChI is InChI=1S/C13H11N3O/c1-16(9-7-14)13(17)11-4-2-6-12-10(11)5-3-8-15-12/h2-6,8H,9H2,1H3. The first-order valence-corrected chi connectivity index (χ1v) is 5.20. The van der Waals surface area contributed by atoms with Crippen LogP contribution in [0.3, 0.4) is 0 Å². The van der Waals surface area contributed by atoms with E-state index in [0.717, 1.165) is 10.9 Å². The van der Waals surface area contributed by atoms with Crippen LogP contribution in [0.4, 0.5) is 0 Å². The van der Waals surface area contributed by atoms with Crippen LogP contribution in [-0.2, 0) is 0 Å². The summed E-state index contributed by atoms with van der Waals surface area (Å²) in [6.45, 7) is 0.0789. The Hall–Kier alpha value is -2.41. The Morgan fingerprint density at radius 1 is 1.41 bits per heavy atom. The van der Waals surface area contributed by atoms with E-state index in [1.165, 1.54) is 4.90 Å². The van der Waals surface area contributed by atoms with Crippen LogP contribution < -0.4 is 0 Å². The molecule has 0 spiro atoms. The molecule has 0 fully saturated rings. The van der Waals surface area contributed by atoms with Crippen molar-refractivity contribution >= 4 is 16.8 Å². The number of carbonyl (C=O) groups is 1. The first-order valence-electron chi connectivity index (χ1n) is 5.20. The van der Waals surface area contributed by atoms with Crippen molar-refractivity contribution in [3.63, 3.8) is 0 Å². The van der Waals surface area contributed by atoms with E-state index < -0.39 is 0 Å². The molecule has 0 aliphatic rings. The normalized spacial score (nSPS) is 9.88. The molecule has 84 valence electrons. The summed E-state index contributed by atoms with van der Waals surface area (Å²) in [7, 11) is 1.61. The number of aromatic nitrogens is 1. The van der Waals surface area contributed by atoms with Crippen LogP contribution in [0.2, 0.25) is 0 Å². The van der Waals surface area contributed by atoms with E-state index in [1.54, 1.807) is 31.4 Å². The maximum Gasteiger partial charge on any atom is 0.255 e. The highest BCUT2D eigenvalue weighted by atomic mass is 16.2. The zero-order valence-corrected chi connectivity index (χ0v) is 9.42. The van der Waals surface area contributed by atoms with Gasteiger partial charge in [-0.1, -0.05) is 12.1 Å². The monoisotopic (exact) mass is 225 g/mol. The molecule has 0 N–H and O–H groups in total. The third-order valence-corrected chi connectivity index (χ3v) is 2.53. The summed E-state index contributed by atoms with van der Waals surface area (Å²) in [5, 5.41) is 9.40. The second-order valence-electron chi connectivity index (χ2n) is 3.69.